The van der Waals surface area contributed by atoms with Crippen molar-refractivity contribution in [2.24, 2.45) is 0 Å². The molecule has 0 atom stereocenters. The summed E-state index contributed by atoms with van der Waals surface area (Å²) in [6.07, 6.45) is 0. The second-order valence-electron chi connectivity index (χ2n) is 5.21. The summed E-state index contributed by atoms with van der Waals surface area (Å²) in [7, 11) is -6.72. The molecule has 0 amide bonds. The fourth-order valence-corrected chi connectivity index (χ4v) is 4.20. The van der Waals surface area contributed by atoms with Crippen molar-refractivity contribution in [1.29, 1.82) is 0 Å². The number of hydrogen-bond donors (Lipinski definition) is 0. The summed E-state index contributed by atoms with van der Waals surface area (Å²) in [6.45, 7) is 5.43. The predicted octanol–water partition coefficient (Wildman–Crippen LogP) is 3.12. The Balaban J connectivity index is 3.53. The zero-order valence-corrected chi connectivity index (χ0v) is 14.3. The maximum atomic E-state index is 12.5. The van der Waals surface area contributed by atoms with Crippen LogP contribution in [0.2, 0.25) is 24.7 Å². The molecule has 0 N–H and O–H groups in total. The molecule has 1 rings (SSSR count). The molecule has 10 heteroatoms. The highest BCUT2D eigenvalue weighted by atomic mass is 35.5. The average Bonchev–Trinajstić information content (AvgIpc) is 2.23. The smallest absolute Gasteiger partial charge is 0.497 e. The van der Waals surface area contributed by atoms with E-state index < -0.39 is 29.4 Å². The molecule has 0 heterocycles. The van der Waals surface area contributed by atoms with Gasteiger partial charge < -0.3 is 8.92 Å². The first kappa shape index (κ1) is 18.1. The first-order valence-corrected chi connectivity index (χ1v) is 11.0. The lowest BCUT2D eigenvalue weighted by molar-refractivity contribution is -0.0499. The normalized spacial score (nSPS) is 13.1. The van der Waals surface area contributed by atoms with Crippen molar-refractivity contribution >= 4 is 35.0 Å². The molecule has 0 saturated carbocycles. The van der Waals surface area contributed by atoms with Gasteiger partial charge in [-0.25, -0.2) is 0 Å². The van der Waals surface area contributed by atoms with Gasteiger partial charge in [0, 0.05) is 16.3 Å². The van der Waals surface area contributed by atoms with Crippen molar-refractivity contribution in [2.45, 2.75) is 25.1 Å². The van der Waals surface area contributed by atoms with Gasteiger partial charge in [-0.2, -0.15) is 21.6 Å². The molecule has 0 unspecified atom stereocenters. The van der Waals surface area contributed by atoms with Gasteiger partial charge in [-0.3, -0.25) is 0 Å². The molecule has 0 aromatic heterocycles. The standard InChI is InChI=1S/C11H14ClF3O4SSi/c1-18-8-5-7(12)6-9(10(8)21(2,3)4)19-20(16,17)11(13,14)15/h5-6H,1-4H3. The molecule has 0 bridgehead atoms. The van der Waals surface area contributed by atoms with E-state index in [0.717, 1.165) is 6.07 Å². The van der Waals surface area contributed by atoms with Gasteiger partial charge in [0.25, 0.3) is 0 Å². The molecule has 1 aromatic rings. The number of benzene rings is 1. The number of methoxy groups -OCH3 is 1. The molecular formula is C11H14ClF3O4SSi. The number of alkyl halides is 3. The van der Waals surface area contributed by atoms with Crippen molar-refractivity contribution in [3.05, 3.63) is 17.2 Å². The van der Waals surface area contributed by atoms with Gasteiger partial charge in [0.2, 0.25) is 0 Å². The van der Waals surface area contributed by atoms with E-state index in [1.807, 2.05) is 19.6 Å². The molecule has 120 valence electrons. The van der Waals surface area contributed by atoms with Gasteiger partial charge in [0.15, 0.2) is 0 Å². The van der Waals surface area contributed by atoms with Crippen molar-refractivity contribution in [1.82, 2.24) is 0 Å². The maximum Gasteiger partial charge on any atom is 0.534 e. The Morgan fingerprint density at radius 3 is 2.00 bits per heavy atom. The van der Waals surface area contributed by atoms with Gasteiger partial charge in [-0.1, -0.05) is 31.2 Å². The van der Waals surface area contributed by atoms with E-state index in [2.05, 4.69) is 4.18 Å². The second-order valence-corrected chi connectivity index (χ2v) is 12.2. The summed E-state index contributed by atoms with van der Waals surface area (Å²) in [5.74, 6) is -0.245. The Hall–Kier alpha value is -0.933. The predicted molar refractivity (Wildman–Crippen MR) is 76.6 cm³/mol. The van der Waals surface area contributed by atoms with Crippen LogP contribution in [-0.2, 0) is 10.1 Å². The molecule has 4 nitrogen and oxygen atoms in total. The monoisotopic (exact) mass is 362 g/mol. The van der Waals surface area contributed by atoms with Crippen LogP contribution in [0.4, 0.5) is 13.2 Å². The second kappa shape index (κ2) is 5.69. The fourth-order valence-electron chi connectivity index (χ4n) is 1.69. The molecule has 0 saturated heterocycles. The van der Waals surface area contributed by atoms with Crippen LogP contribution >= 0.6 is 11.6 Å². The van der Waals surface area contributed by atoms with Crippen LogP contribution < -0.4 is 14.1 Å². The van der Waals surface area contributed by atoms with Crippen molar-refractivity contribution in [3.63, 3.8) is 0 Å². The molecule has 1 aromatic carbocycles. The third kappa shape index (κ3) is 4.04. The third-order valence-corrected chi connectivity index (χ3v) is 5.66. The third-order valence-electron chi connectivity index (χ3n) is 2.48. The first-order chi connectivity index (χ1) is 9.29. The lowest BCUT2D eigenvalue weighted by Crippen LogP contribution is -2.41. The Bertz CT molecular complexity index is 638. The first-order valence-electron chi connectivity index (χ1n) is 5.68. The average molecular weight is 363 g/mol. The van der Waals surface area contributed by atoms with Gasteiger partial charge in [0.05, 0.1) is 15.2 Å². The number of hydrogen-bond acceptors (Lipinski definition) is 4. The quantitative estimate of drug-likeness (QED) is 0.469. The zero-order chi connectivity index (χ0) is 16.6. The Labute approximate surface area is 126 Å². The number of halogens is 4. The topological polar surface area (TPSA) is 52.6 Å². The van der Waals surface area contributed by atoms with Gasteiger partial charge in [0.1, 0.15) is 11.5 Å². The van der Waals surface area contributed by atoms with E-state index in [-0.39, 0.29) is 10.8 Å². The highest BCUT2D eigenvalue weighted by Gasteiger charge is 2.49. The lowest BCUT2D eigenvalue weighted by Gasteiger charge is -2.24. The van der Waals surface area contributed by atoms with Crippen LogP contribution in [0.15, 0.2) is 12.1 Å². The molecule has 0 aliphatic heterocycles. The molecule has 21 heavy (non-hydrogen) atoms. The highest BCUT2D eigenvalue weighted by molar-refractivity contribution is 7.88. The summed E-state index contributed by atoms with van der Waals surface area (Å²) >= 11 is 5.77. The van der Waals surface area contributed by atoms with Crippen LogP contribution in [0.25, 0.3) is 0 Å². The minimum absolute atomic E-state index is 0.0150. The Morgan fingerprint density at radius 2 is 1.62 bits per heavy atom. The van der Waals surface area contributed by atoms with Crippen molar-refractivity contribution < 1.29 is 30.5 Å². The lowest BCUT2D eigenvalue weighted by atomic mass is 10.3. The molecule has 0 radical (unpaired) electrons. The summed E-state index contributed by atoms with van der Waals surface area (Å²) in [6, 6.07) is 2.45. The summed E-state index contributed by atoms with van der Waals surface area (Å²) in [5.41, 5.74) is -5.51. The van der Waals surface area contributed by atoms with Gasteiger partial charge in [-0.15, -0.1) is 0 Å². The van der Waals surface area contributed by atoms with E-state index >= 15 is 0 Å². The van der Waals surface area contributed by atoms with E-state index in [9.17, 15) is 21.6 Å². The van der Waals surface area contributed by atoms with Crippen molar-refractivity contribution in [2.75, 3.05) is 7.11 Å². The summed E-state index contributed by atoms with van der Waals surface area (Å²) in [4.78, 5) is 0. The van der Waals surface area contributed by atoms with Gasteiger partial charge >= 0.3 is 15.6 Å². The Kier molecular flexibility index (Phi) is 4.91. The van der Waals surface area contributed by atoms with Crippen molar-refractivity contribution in [3.8, 4) is 11.5 Å². The van der Waals surface area contributed by atoms with Crippen LogP contribution in [-0.4, -0.2) is 29.1 Å². The number of rotatable bonds is 4. The van der Waals surface area contributed by atoms with Gasteiger partial charge in [-0.05, 0) is 6.07 Å². The maximum absolute atomic E-state index is 12.5. The minimum atomic E-state index is -5.77. The van der Waals surface area contributed by atoms with Crippen LogP contribution in [0, 0.1) is 0 Å². The highest BCUT2D eigenvalue weighted by Crippen LogP contribution is 2.32. The molecule has 0 fully saturated rings. The molecular weight excluding hydrogens is 349 g/mol. The van der Waals surface area contributed by atoms with E-state index in [1.54, 1.807) is 0 Å². The van der Waals surface area contributed by atoms with Crippen LogP contribution in [0.1, 0.15) is 0 Å². The SMILES string of the molecule is COc1cc(Cl)cc(OS(=O)(=O)C(F)(F)F)c1[Si](C)(C)C. The molecule has 0 aliphatic rings. The summed E-state index contributed by atoms with van der Waals surface area (Å²) < 4.78 is 69.1. The Morgan fingerprint density at radius 1 is 1.14 bits per heavy atom. The fraction of sp³-hybridized carbons (Fsp3) is 0.455. The zero-order valence-electron chi connectivity index (χ0n) is 11.7. The van der Waals surface area contributed by atoms with Crippen LogP contribution in [0.3, 0.4) is 0 Å². The molecule has 0 aliphatic carbocycles. The summed E-state index contributed by atoms with van der Waals surface area (Å²) in [5, 5.41) is 0.323. The minimum Gasteiger partial charge on any atom is -0.497 e. The van der Waals surface area contributed by atoms with E-state index in [0.29, 0.717) is 5.19 Å². The van der Waals surface area contributed by atoms with E-state index in [1.165, 1.54) is 13.2 Å². The molecule has 0 spiro atoms. The van der Waals surface area contributed by atoms with Crippen LogP contribution in [0.5, 0.6) is 11.5 Å². The largest absolute Gasteiger partial charge is 0.534 e. The van der Waals surface area contributed by atoms with E-state index in [4.69, 9.17) is 16.3 Å². The number of ether oxygens (including phenoxy) is 1.